The summed E-state index contributed by atoms with van der Waals surface area (Å²) in [6.45, 7) is 2.02. The summed E-state index contributed by atoms with van der Waals surface area (Å²) in [5.74, 6) is 5.90. The first-order valence-electron chi connectivity index (χ1n) is 5.11. The molecule has 90 valence electrons. The molecule has 6 heteroatoms. The van der Waals surface area contributed by atoms with Crippen LogP contribution in [0.2, 0.25) is 0 Å². The molecule has 16 heavy (non-hydrogen) atoms. The van der Waals surface area contributed by atoms with E-state index in [2.05, 4.69) is 15.7 Å². The van der Waals surface area contributed by atoms with E-state index in [1.54, 1.807) is 19.6 Å². The zero-order valence-corrected chi connectivity index (χ0v) is 9.40. The van der Waals surface area contributed by atoms with Crippen LogP contribution in [0.15, 0.2) is 28.0 Å². The average molecular weight is 226 g/mol. The number of hydrogen-bond donors (Lipinski definition) is 3. The normalized spacial score (nSPS) is 11.5. The van der Waals surface area contributed by atoms with Crippen LogP contribution in [0.1, 0.15) is 12.0 Å². The number of nitrogens with one attached hydrogen (secondary N) is 2. The van der Waals surface area contributed by atoms with Gasteiger partial charge in [0.2, 0.25) is 5.96 Å². The molecule has 0 aliphatic rings. The Kier molecular flexibility index (Phi) is 6.05. The van der Waals surface area contributed by atoms with Crippen LogP contribution < -0.4 is 16.6 Å². The van der Waals surface area contributed by atoms with E-state index in [9.17, 15) is 0 Å². The molecular weight excluding hydrogens is 208 g/mol. The number of guanidine groups is 1. The van der Waals surface area contributed by atoms with Gasteiger partial charge < -0.3 is 14.5 Å². The van der Waals surface area contributed by atoms with Gasteiger partial charge in [0.05, 0.1) is 19.1 Å². The monoisotopic (exact) mass is 226 g/mol. The third kappa shape index (κ3) is 4.81. The highest BCUT2D eigenvalue weighted by Crippen LogP contribution is 2.00. The average Bonchev–Trinajstić information content (AvgIpc) is 2.81. The maximum atomic E-state index is 5.33. The van der Waals surface area contributed by atoms with Gasteiger partial charge in [0.1, 0.15) is 0 Å². The minimum Gasteiger partial charge on any atom is -0.472 e. The zero-order chi connectivity index (χ0) is 11.6. The van der Waals surface area contributed by atoms with E-state index in [1.165, 1.54) is 0 Å². The van der Waals surface area contributed by atoms with Gasteiger partial charge in [-0.3, -0.25) is 5.43 Å². The van der Waals surface area contributed by atoms with Gasteiger partial charge >= 0.3 is 0 Å². The quantitative estimate of drug-likeness (QED) is 0.212. The van der Waals surface area contributed by atoms with E-state index in [4.69, 9.17) is 15.0 Å². The van der Waals surface area contributed by atoms with Crippen molar-refractivity contribution in [2.24, 2.45) is 10.8 Å². The summed E-state index contributed by atoms with van der Waals surface area (Å²) in [5, 5.41) is 3.07. The number of nitrogens with zero attached hydrogens (tertiary/aromatic N) is 1. The highest BCUT2D eigenvalue weighted by atomic mass is 16.5. The Hall–Kier alpha value is -1.53. The molecule has 0 fully saturated rings. The summed E-state index contributed by atoms with van der Waals surface area (Å²) in [4.78, 5) is 4.25. The fourth-order valence-corrected chi connectivity index (χ4v) is 1.13. The fraction of sp³-hybridized carbons (Fsp3) is 0.500. The van der Waals surface area contributed by atoms with E-state index in [1.807, 2.05) is 6.07 Å². The Morgan fingerprint density at radius 1 is 1.62 bits per heavy atom. The third-order valence-corrected chi connectivity index (χ3v) is 1.95. The van der Waals surface area contributed by atoms with Crippen molar-refractivity contribution in [3.05, 3.63) is 24.2 Å². The molecule has 0 saturated carbocycles. The lowest BCUT2D eigenvalue weighted by molar-refractivity contribution is 0.195. The van der Waals surface area contributed by atoms with Crippen LogP contribution in [-0.4, -0.2) is 26.2 Å². The van der Waals surface area contributed by atoms with Gasteiger partial charge in [-0.15, -0.1) is 0 Å². The zero-order valence-electron chi connectivity index (χ0n) is 9.40. The molecule has 0 spiro atoms. The van der Waals surface area contributed by atoms with E-state index in [0.29, 0.717) is 19.1 Å². The second kappa shape index (κ2) is 7.72. The van der Waals surface area contributed by atoms with Crippen LogP contribution in [0, 0.1) is 0 Å². The number of furan rings is 1. The molecule has 0 radical (unpaired) electrons. The van der Waals surface area contributed by atoms with Crippen molar-refractivity contribution in [3.8, 4) is 0 Å². The molecule has 4 N–H and O–H groups in total. The van der Waals surface area contributed by atoms with Gasteiger partial charge in [-0.05, 0) is 12.5 Å². The first-order valence-corrected chi connectivity index (χ1v) is 5.11. The minimum atomic E-state index is 0.535. The minimum absolute atomic E-state index is 0.535. The Balaban J connectivity index is 2.27. The Morgan fingerprint density at radius 2 is 2.50 bits per heavy atom. The predicted molar refractivity (Wildman–Crippen MR) is 61.7 cm³/mol. The molecule has 0 atom stereocenters. The number of hydrazine groups is 1. The fourth-order valence-electron chi connectivity index (χ4n) is 1.13. The van der Waals surface area contributed by atoms with Crippen molar-refractivity contribution in [2.75, 3.05) is 20.3 Å². The Bertz CT molecular complexity index is 298. The maximum Gasteiger partial charge on any atom is 0.206 e. The number of aliphatic imine (C=N–C) groups is 1. The SMILES string of the molecule is COCCCNC(=NCc1ccoc1)NN. The van der Waals surface area contributed by atoms with Gasteiger partial charge in [0.15, 0.2) is 0 Å². The first kappa shape index (κ1) is 12.5. The molecule has 0 amide bonds. The Labute approximate surface area is 94.8 Å². The predicted octanol–water partition coefficient (Wildman–Crippen LogP) is 0.225. The van der Waals surface area contributed by atoms with Crippen LogP contribution in [0.5, 0.6) is 0 Å². The van der Waals surface area contributed by atoms with Crippen LogP contribution in [-0.2, 0) is 11.3 Å². The van der Waals surface area contributed by atoms with Gasteiger partial charge in [-0.1, -0.05) is 0 Å². The molecule has 1 aromatic rings. The molecule has 0 aliphatic carbocycles. The third-order valence-electron chi connectivity index (χ3n) is 1.95. The topological polar surface area (TPSA) is 84.8 Å². The van der Waals surface area contributed by atoms with E-state index < -0.39 is 0 Å². The van der Waals surface area contributed by atoms with Crippen molar-refractivity contribution in [1.29, 1.82) is 0 Å². The number of ether oxygens (including phenoxy) is 1. The lowest BCUT2D eigenvalue weighted by atomic mass is 10.3. The number of nitrogens with two attached hydrogens (primary N) is 1. The smallest absolute Gasteiger partial charge is 0.206 e. The molecule has 0 saturated heterocycles. The lowest BCUT2D eigenvalue weighted by Crippen LogP contribution is -2.42. The highest BCUT2D eigenvalue weighted by Gasteiger charge is 1.96. The van der Waals surface area contributed by atoms with Crippen molar-refractivity contribution >= 4 is 5.96 Å². The van der Waals surface area contributed by atoms with Crippen molar-refractivity contribution in [2.45, 2.75) is 13.0 Å². The summed E-state index contributed by atoms with van der Waals surface area (Å²) >= 11 is 0. The van der Waals surface area contributed by atoms with Gasteiger partial charge in [-0.25, -0.2) is 10.8 Å². The van der Waals surface area contributed by atoms with Crippen LogP contribution in [0.25, 0.3) is 0 Å². The molecule has 0 bridgehead atoms. The van der Waals surface area contributed by atoms with Crippen LogP contribution in [0.4, 0.5) is 0 Å². The molecule has 0 aliphatic heterocycles. The largest absolute Gasteiger partial charge is 0.472 e. The summed E-state index contributed by atoms with van der Waals surface area (Å²) in [6.07, 6.45) is 4.18. The standard InChI is InChI=1S/C10H18N4O2/c1-15-5-2-4-12-10(14-11)13-7-9-3-6-16-8-9/h3,6,8H,2,4-5,7,11H2,1H3,(H2,12,13,14). The van der Waals surface area contributed by atoms with Gasteiger partial charge in [0.25, 0.3) is 0 Å². The van der Waals surface area contributed by atoms with Gasteiger partial charge in [0, 0.05) is 25.8 Å². The number of hydrogen-bond acceptors (Lipinski definition) is 4. The summed E-state index contributed by atoms with van der Waals surface area (Å²) in [7, 11) is 1.68. The first-order chi connectivity index (χ1) is 7.86. The molecule has 1 heterocycles. The van der Waals surface area contributed by atoms with Crippen LogP contribution in [0.3, 0.4) is 0 Å². The molecule has 1 rings (SSSR count). The van der Waals surface area contributed by atoms with E-state index >= 15 is 0 Å². The van der Waals surface area contributed by atoms with E-state index in [0.717, 1.165) is 18.5 Å². The van der Waals surface area contributed by atoms with Gasteiger partial charge in [-0.2, -0.15) is 0 Å². The van der Waals surface area contributed by atoms with Crippen molar-refractivity contribution in [1.82, 2.24) is 10.7 Å². The molecule has 6 nitrogen and oxygen atoms in total. The molecule has 0 aromatic carbocycles. The van der Waals surface area contributed by atoms with Crippen molar-refractivity contribution in [3.63, 3.8) is 0 Å². The number of methoxy groups -OCH3 is 1. The lowest BCUT2D eigenvalue weighted by Gasteiger charge is -2.08. The second-order valence-corrected chi connectivity index (χ2v) is 3.21. The number of rotatable bonds is 6. The molecule has 1 aromatic heterocycles. The summed E-state index contributed by atoms with van der Waals surface area (Å²) < 4.78 is 9.87. The van der Waals surface area contributed by atoms with Crippen molar-refractivity contribution < 1.29 is 9.15 Å². The maximum absolute atomic E-state index is 5.33. The Morgan fingerprint density at radius 3 is 3.12 bits per heavy atom. The summed E-state index contributed by atoms with van der Waals surface area (Å²) in [6, 6.07) is 1.86. The summed E-state index contributed by atoms with van der Waals surface area (Å²) in [5.41, 5.74) is 3.51. The second-order valence-electron chi connectivity index (χ2n) is 3.21. The molecular formula is C10H18N4O2. The van der Waals surface area contributed by atoms with Crippen LogP contribution >= 0.6 is 0 Å². The highest BCUT2D eigenvalue weighted by molar-refractivity contribution is 5.79. The molecule has 0 unspecified atom stereocenters. The van der Waals surface area contributed by atoms with E-state index in [-0.39, 0.29) is 0 Å².